The second-order valence-electron chi connectivity index (χ2n) is 9.09. The number of methoxy groups -OCH3 is 1. The lowest BCUT2D eigenvalue weighted by atomic mass is 10.1. The Morgan fingerprint density at radius 1 is 1.00 bits per heavy atom. The van der Waals surface area contributed by atoms with E-state index in [0.717, 1.165) is 11.3 Å². The molecule has 1 unspecified atom stereocenters. The predicted molar refractivity (Wildman–Crippen MR) is 127 cm³/mol. The van der Waals surface area contributed by atoms with Gasteiger partial charge in [0.2, 0.25) is 11.8 Å². The summed E-state index contributed by atoms with van der Waals surface area (Å²) in [6.45, 7) is 1.85. The van der Waals surface area contributed by atoms with Crippen molar-refractivity contribution < 1.29 is 23.9 Å². The molecule has 4 rings (SSSR count). The average Bonchev–Trinajstić information content (AvgIpc) is 3.70. The van der Waals surface area contributed by atoms with Crippen LogP contribution in [0, 0.1) is 5.92 Å². The number of ketones is 1. The summed E-state index contributed by atoms with van der Waals surface area (Å²) in [5, 5.41) is 0. The highest BCUT2D eigenvalue weighted by atomic mass is 16.5. The van der Waals surface area contributed by atoms with Crippen LogP contribution in [0.25, 0.3) is 0 Å². The number of carbonyl (C=O) groups is 3. The molecule has 2 aromatic carbocycles. The summed E-state index contributed by atoms with van der Waals surface area (Å²) in [7, 11) is 1.62. The van der Waals surface area contributed by atoms with Gasteiger partial charge in [-0.1, -0.05) is 42.5 Å². The van der Waals surface area contributed by atoms with Crippen LogP contribution in [0.1, 0.15) is 41.6 Å². The molecule has 180 valence electrons. The molecule has 0 N–H and O–H groups in total. The van der Waals surface area contributed by atoms with Gasteiger partial charge in [-0.3, -0.25) is 14.4 Å². The van der Waals surface area contributed by atoms with Gasteiger partial charge >= 0.3 is 0 Å². The van der Waals surface area contributed by atoms with E-state index in [1.54, 1.807) is 41.2 Å². The van der Waals surface area contributed by atoms with Gasteiger partial charge in [-0.25, -0.2) is 0 Å². The summed E-state index contributed by atoms with van der Waals surface area (Å²) in [5.74, 6) is 0.930. The second-order valence-corrected chi connectivity index (χ2v) is 9.09. The van der Waals surface area contributed by atoms with E-state index in [9.17, 15) is 14.4 Å². The largest absolute Gasteiger partial charge is 0.497 e. The van der Waals surface area contributed by atoms with Crippen LogP contribution in [0.4, 0.5) is 0 Å². The van der Waals surface area contributed by atoms with Crippen molar-refractivity contribution in [2.75, 3.05) is 33.4 Å². The van der Waals surface area contributed by atoms with Crippen LogP contribution in [0.15, 0.2) is 54.6 Å². The fourth-order valence-corrected chi connectivity index (χ4v) is 4.12. The number of amides is 2. The Labute approximate surface area is 200 Å². The van der Waals surface area contributed by atoms with Crippen LogP contribution in [0.5, 0.6) is 5.75 Å². The van der Waals surface area contributed by atoms with Gasteiger partial charge in [0.05, 0.1) is 19.8 Å². The van der Waals surface area contributed by atoms with Crippen molar-refractivity contribution in [3.63, 3.8) is 0 Å². The lowest BCUT2D eigenvalue weighted by Gasteiger charge is -2.25. The Balaban J connectivity index is 1.41. The van der Waals surface area contributed by atoms with Crippen LogP contribution < -0.4 is 4.74 Å². The van der Waals surface area contributed by atoms with Crippen LogP contribution in [-0.2, 0) is 20.9 Å². The van der Waals surface area contributed by atoms with E-state index in [-0.39, 0.29) is 43.1 Å². The zero-order valence-electron chi connectivity index (χ0n) is 19.7. The van der Waals surface area contributed by atoms with E-state index in [1.165, 1.54) is 12.8 Å². The maximum atomic E-state index is 13.1. The summed E-state index contributed by atoms with van der Waals surface area (Å²) >= 11 is 0. The lowest BCUT2D eigenvalue weighted by molar-refractivity contribution is -0.139. The fourth-order valence-electron chi connectivity index (χ4n) is 4.12. The van der Waals surface area contributed by atoms with E-state index in [0.29, 0.717) is 37.7 Å². The molecule has 2 aliphatic rings. The SMILES string of the molecule is COc1cccc(CN2CC(OCC3CC3)CN(C(=O)CCC(=O)c3ccccc3)CC2=O)c1. The normalized spacial score (nSPS) is 18.5. The molecule has 34 heavy (non-hydrogen) atoms. The number of Topliss-reactive ketones (excluding diaryl/α,β-unsaturated/α-hetero) is 1. The molecular formula is C27H32N2O5. The molecule has 1 saturated heterocycles. The number of benzene rings is 2. The molecule has 1 aliphatic heterocycles. The number of ether oxygens (including phenoxy) is 2. The van der Waals surface area contributed by atoms with Gasteiger partial charge in [-0.2, -0.15) is 0 Å². The Morgan fingerprint density at radius 2 is 1.79 bits per heavy atom. The van der Waals surface area contributed by atoms with Crippen molar-refractivity contribution in [2.24, 2.45) is 5.92 Å². The van der Waals surface area contributed by atoms with Crippen molar-refractivity contribution in [2.45, 2.75) is 38.3 Å². The molecule has 1 aliphatic carbocycles. The van der Waals surface area contributed by atoms with E-state index in [2.05, 4.69) is 0 Å². The molecule has 0 bridgehead atoms. The van der Waals surface area contributed by atoms with Crippen molar-refractivity contribution in [1.82, 2.24) is 9.80 Å². The highest BCUT2D eigenvalue weighted by molar-refractivity contribution is 5.98. The maximum Gasteiger partial charge on any atom is 0.242 e. The van der Waals surface area contributed by atoms with Crippen LogP contribution in [-0.4, -0.2) is 66.9 Å². The molecular weight excluding hydrogens is 432 g/mol. The molecule has 1 saturated carbocycles. The summed E-state index contributed by atoms with van der Waals surface area (Å²) in [6, 6.07) is 16.6. The Morgan fingerprint density at radius 3 is 2.53 bits per heavy atom. The third-order valence-electron chi connectivity index (χ3n) is 6.31. The summed E-state index contributed by atoms with van der Waals surface area (Å²) in [4.78, 5) is 41.9. The lowest BCUT2D eigenvalue weighted by Crippen LogP contribution is -2.39. The molecule has 0 aromatic heterocycles. The Bertz CT molecular complexity index is 1010. The third-order valence-corrected chi connectivity index (χ3v) is 6.31. The average molecular weight is 465 g/mol. The first-order chi connectivity index (χ1) is 16.5. The molecule has 2 aromatic rings. The first kappa shape index (κ1) is 24.0. The van der Waals surface area contributed by atoms with E-state index in [4.69, 9.17) is 9.47 Å². The van der Waals surface area contributed by atoms with Gasteiger partial charge in [0, 0.05) is 44.6 Å². The molecule has 0 spiro atoms. The predicted octanol–water partition coefficient (Wildman–Crippen LogP) is 3.32. The minimum Gasteiger partial charge on any atom is -0.497 e. The minimum absolute atomic E-state index is 0.00832. The second kappa shape index (κ2) is 11.3. The van der Waals surface area contributed by atoms with Crippen molar-refractivity contribution in [3.05, 3.63) is 65.7 Å². The summed E-state index contributed by atoms with van der Waals surface area (Å²) < 4.78 is 11.5. The van der Waals surface area contributed by atoms with Gasteiger partial charge in [-0.05, 0) is 36.5 Å². The van der Waals surface area contributed by atoms with Crippen LogP contribution in [0.2, 0.25) is 0 Å². The van der Waals surface area contributed by atoms with Gasteiger partial charge in [0.1, 0.15) is 5.75 Å². The molecule has 1 atom stereocenters. The highest BCUT2D eigenvalue weighted by Crippen LogP contribution is 2.29. The first-order valence-electron chi connectivity index (χ1n) is 11.9. The zero-order valence-corrected chi connectivity index (χ0v) is 19.7. The Hall–Kier alpha value is -3.19. The van der Waals surface area contributed by atoms with Gasteiger partial charge < -0.3 is 19.3 Å². The Kier molecular flexibility index (Phi) is 7.95. The molecule has 7 heteroatoms. The molecule has 1 heterocycles. The fraction of sp³-hybridized carbons (Fsp3) is 0.444. The zero-order chi connectivity index (χ0) is 23.9. The number of nitrogens with zero attached hydrogens (tertiary/aromatic N) is 2. The summed E-state index contributed by atoms with van der Waals surface area (Å²) in [6.07, 6.45) is 2.28. The van der Waals surface area contributed by atoms with Crippen molar-refractivity contribution in [1.29, 1.82) is 0 Å². The van der Waals surface area contributed by atoms with Crippen LogP contribution in [0.3, 0.4) is 0 Å². The van der Waals surface area contributed by atoms with Gasteiger partial charge in [-0.15, -0.1) is 0 Å². The number of hydrogen-bond donors (Lipinski definition) is 0. The standard InChI is InChI=1S/C27H32N2O5/c1-33-23-9-5-6-21(14-23)15-28-16-24(34-19-20-10-11-20)17-29(18-27(28)32)26(31)13-12-25(30)22-7-3-2-4-8-22/h2-9,14,20,24H,10-13,15-19H2,1H3. The van der Waals surface area contributed by atoms with Gasteiger partial charge in [0.15, 0.2) is 5.78 Å². The van der Waals surface area contributed by atoms with Crippen molar-refractivity contribution >= 4 is 17.6 Å². The number of hydrogen-bond acceptors (Lipinski definition) is 5. The summed E-state index contributed by atoms with van der Waals surface area (Å²) in [5.41, 5.74) is 1.55. The first-order valence-corrected chi connectivity index (χ1v) is 11.9. The van der Waals surface area contributed by atoms with Crippen LogP contribution >= 0.6 is 0 Å². The molecule has 0 radical (unpaired) electrons. The monoisotopic (exact) mass is 464 g/mol. The molecule has 7 nitrogen and oxygen atoms in total. The van der Waals surface area contributed by atoms with Gasteiger partial charge in [0.25, 0.3) is 0 Å². The third kappa shape index (κ3) is 6.67. The number of rotatable bonds is 10. The maximum absolute atomic E-state index is 13.1. The molecule has 2 amide bonds. The minimum atomic E-state index is -0.258. The van der Waals surface area contributed by atoms with Crippen molar-refractivity contribution in [3.8, 4) is 5.75 Å². The highest BCUT2D eigenvalue weighted by Gasteiger charge is 2.32. The van der Waals surface area contributed by atoms with E-state index < -0.39 is 0 Å². The van der Waals surface area contributed by atoms with E-state index >= 15 is 0 Å². The van der Waals surface area contributed by atoms with E-state index in [1.807, 2.05) is 30.3 Å². The molecule has 2 fully saturated rings. The smallest absolute Gasteiger partial charge is 0.242 e. The topological polar surface area (TPSA) is 76.2 Å². The number of carbonyl (C=O) groups excluding carboxylic acids is 3. The quantitative estimate of drug-likeness (QED) is 0.504.